The topological polar surface area (TPSA) is 71.4 Å². The Kier molecular flexibility index (Phi) is 3.73. The molecule has 3 rings (SSSR count). The van der Waals surface area contributed by atoms with Crippen molar-refractivity contribution in [1.29, 1.82) is 0 Å². The van der Waals surface area contributed by atoms with Gasteiger partial charge in [0.2, 0.25) is 5.91 Å². The number of nitrogens with zero attached hydrogens (tertiary/aromatic N) is 2. The van der Waals surface area contributed by atoms with Crippen LogP contribution < -0.4 is 15.8 Å². The summed E-state index contributed by atoms with van der Waals surface area (Å²) < 4.78 is 1.36. The number of benzene rings is 1. The molecule has 1 aromatic heterocycles. The SMILES string of the molecule is CC(=O)N1CCc2ccc(NC(=O)c3cccn(C)c3=O)cc21. The van der Waals surface area contributed by atoms with Crippen molar-refractivity contribution >= 4 is 23.2 Å². The number of carbonyl (C=O) groups excluding carboxylic acids is 2. The highest BCUT2D eigenvalue weighted by Crippen LogP contribution is 2.30. The lowest BCUT2D eigenvalue weighted by molar-refractivity contribution is -0.116. The van der Waals surface area contributed by atoms with Gasteiger partial charge in [0, 0.05) is 38.1 Å². The van der Waals surface area contributed by atoms with E-state index < -0.39 is 5.91 Å². The summed E-state index contributed by atoms with van der Waals surface area (Å²) in [6, 6.07) is 8.60. The first kappa shape index (κ1) is 15.0. The summed E-state index contributed by atoms with van der Waals surface area (Å²) in [5, 5.41) is 2.73. The van der Waals surface area contributed by atoms with E-state index in [9.17, 15) is 14.4 Å². The normalized spacial score (nSPS) is 12.9. The van der Waals surface area contributed by atoms with Gasteiger partial charge in [0.15, 0.2) is 0 Å². The molecule has 0 bridgehead atoms. The van der Waals surface area contributed by atoms with Gasteiger partial charge in [-0.05, 0) is 36.2 Å². The van der Waals surface area contributed by atoms with Crippen LogP contribution in [0.3, 0.4) is 0 Å². The number of pyridine rings is 1. The molecule has 6 nitrogen and oxygen atoms in total. The number of anilines is 2. The minimum Gasteiger partial charge on any atom is -0.322 e. The number of aryl methyl sites for hydroxylation is 1. The lowest BCUT2D eigenvalue weighted by Crippen LogP contribution is -2.27. The first-order valence-corrected chi connectivity index (χ1v) is 7.35. The summed E-state index contributed by atoms with van der Waals surface area (Å²) in [7, 11) is 1.60. The summed E-state index contributed by atoms with van der Waals surface area (Å²) in [6.45, 7) is 2.18. The molecule has 2 amide bonds. The maximum atomic E-state index is 12.3. The van der Waals surface area contributed by atoms with E-state index in [-0.39, 0.29) is 17.0 Å². The van der Waals surface area contributed by atoms with Crippen LogP contribution in [-0.2, 0) is 18.3 Å². The van der Waals surface area contributed by atoms with Gasteiger partial charge in [-0.1, -0.05) is 6.07 Å². The van der Waals surface area contributed by atoms with Gasteiger partial charge in [-0.2, -0.15) is 0 Å². The highest BCUT2D eigenvalue weighted by molar-refractivity contribution is 6.04. The Morgan fingerprint density at radius 1 is 1.22 bits per heavy atom. The Labute approximate surface area is 133 Å². The third-order valence-electron chi connectivity index (χ3n) is 3.99. The molecular formula is C17H17N3O3. The Bertz CT molecular complexity index is 854. The molecule has 1 aliphatic rings. The van der Waals surface area contributed by atoms with Gasteiger partial charge in [0.1, 0.15) is 5.56 Å². The smallest absolute Gasteiger partial charge is 0.263 e. The maximum absolute atomic E-state index is 12.3. The van der Waals surface area contributed by atoms with Crippen LogP contribution in [0.1, 0.15) is 22.8 Å². The molecule has 0 fully saturated rings. The summed E-state index contributed by atoms with van der Waals surface area (Å²) in [5.41, 5.74) is 2.19. The van der Waals surface area contributed by atoms with Crippen LogP contribution >= 0.6 is 0 Å². The van der Waals surface area contributed by atoms with Crippen molar-refractivity contribution < 1.29 is 9.59 Å². The number of nitrogens with one attached hydrogen (secondary N) is 1. The van der Waals surface area contributed by atoms with Crippen LogP contribution in [0, 0.1) is 0 Å². The first-order valence-electron chi connectivity index (χ1n) is 7.35. The van der Waals surface area contributed by atoms with Crippen molar-refractivity contribution in [3.05, 3.63) is 58.0 Å². The fourth-order valence-corrected chi connectivity index (χ4v) is 2.75. The molecule has 118 valence electrons. The van der Waals surface area contributed by atoms with Crippen molar-refractivity contribution in [3.63, 3.8) is 0 Å². The fraction of sp³-hybridized carbons (Fsp3) is 0.235. The third-order valence-corrected chi connectivity index (χ3v) is 3.99. The number of hydrogen-bond donors (Lipinski definition) is 1. The molecule has 0 radical (unpaired) electrons. The van der Waals surface area contributed by atoms with Gasteiger partial charge in [0.05, 0.1) is 0 Å². The summed E-state index contributed by atoms with van der Waals surface area (Å²) in [6.07, 6.45) is 2.40. The average molecular weight is 311 g/mol. The lowest BCUT2D eigenvalue weighted by atomic mass is 10.1. The van der Waals surface area contributed by atoms with Gasteiger partial charge < -0.3 is 14.8 Å². The number of hydrogen-bond acceptors (Lipinski definition) is 3. The highest BCUT2D eigenvalue weighted by atomic mass is 16.2. The molecule has 23 heavy (non-hydrogen) atoms. The fourth-order valence-electron chi connectivity index (χ4n) is 2.75. The van der Waals surface area contributed by atoms with Crippen molar-refractivity contribution in [1.82, 2.24) is 4.57 Å². The zero-order valence-corrected chi connectivity index (χ0v) is 13.0. The molecule has 0 unspecified atom stereocenters. The van der Waals surface area contributed by atoms with Gasteiger partial charge in [-0.25, -0.2) is 0 Å². The molecule has 0 saturated heterocycles. The standard InChI is InChI=1S/C17H17N3O3/c1-11(21)20-9-7-12-5-6-13(10-15(12)20)18-16(22)14-4-3-8-19(2)17(14)23/h3-6,8,10H,7,9H2,1-2H3,(H,18,22). The number of amides is 2. The Hall–Kier alpha value is -2.89. The lowest BCUT2D eigenvalue weighted by Gasteiger charge is -2.15. The highest BCUT2D eigenvalue weighted by Gasteiger charge is 2.22. The summed E-state index contributed by atoms with van der Waals surface area (Å²) in [4.78, 5) is 37.6. The molecule has 2 aromatic rings. The van der Waals surface area contributed by atoms with Gasteiger partial charge in [-0.15, -0.1) is 0 Å². The first-order chi connectivity index (χ1) is 11.0. The Morgan fingerprint density at radius 2 is 2.00 bits per heavy atom. The number of carbonyl (C=O) groups is 2. The van der Waals surface area contributed by atoms with Crippen molar-refractivity contribution in [2.75, 3.05) is 16.8 Å². The average Bonchev–Trinajstić information content (AvgIpc) is 2.93. The van der Waals surface area contributed by atoms with Crippen LogP contribution in [0.15, 0.2) is 41.3 Å². The molecule has 1 N–H and O–H groups in total. The van der Waals surface area contributed by atoms with E-state index in [1.807, 2.05) is 6.07 Å². The van der Waals surface area contributed by atoms with E-state index in [4.69, 9.17) is 0 Å². The molecule has 0 saturated carbocycles. The summed E-state index contributed by atoms with van der Waals surface area (Å²) >= 11 is 0. The number of fused-ring (bicyclic) bond motifs is 1. The molecule has 0 atom stereocenters. The zero-order valence-electron chi connectivity index (χ0n) is 13.0. The van der Waals surface area contributed by atoms with E-state index in [0.717, 1.165) is 17.7 Å². The number of aromatic nitrogens is 1. The minimum atomic E-state index is -0.460. The van der Waals surface area contributed by atoms with Crippen LogP contribution in [0.25, 0.3) is 0 Å². The van der Waals surface area contributed by atoms with Crippen molar-refractivity contribution in [2.24, 2.45) is 7.05 Å². The second kappa shape index (κ2) is 5.72. The van der Waals surface area contributed by atoms with Crippen LogP contribution in [0.4, 0.5) is 11.4 Å². The van der Waals surface area contributed by atoms with Gasteiger partial charge >= 0.3 is 0 Å². The Balaban J connectivity index is 1.88. The molecule has 0 aliphatic carbocycles. The zero-order chi connectivity index (χ0) is 16.6. The predicted octanol–water partition coefficient (Wildman–Crippen LogP) is 1.55. The molecule has 1 aromatic carbocycles. The van der Waals surface area contributed by atoms with Crippen molar-refractivity contribution in [3.8, 4) is 0 Å². The molecule has 2 heterocycles. The van der Waals surface area contributed by atoms with Crippen LogP contribution in [-0.4, -0.2) is 22.9 Å². The molecular weight excluding hydrogens is 294 g/mol. The second-order valence-corrected chi connectivity index (χ2v) is 5.56. The van der Waals surface area contributed by atoms with E-state index in [1.165, 1.54) is 17.6 Å². The third kappa shape index (κ3) is 2.75. The van der Waals surface area contributed by atoms with E-state index in [0.29, 0.717) is 12.2 Å². The van der Waals surface area contributed by atoms with Crippen LogP contribution in [0.5, 0.6) is 0 Å². The minimum absolute atomic E-state index is 0.0239. The quantitative estimate of drug-likeness (QED) is 0.914. The van der Waals surface area contributed by atoms with E-state index in [1.54, 1.807) is 36.3 Å². The van der Waals surface area contributed by atoms with Crippen LogP contribution in [0.2, 0.25) is 0 Å². The van der Waals surface area contributed by atoms with Gasteiger partial charge in [0.25, 0.3) is 11.5 Å². The predicted molar refractivity (Wildman–Crippen MR) is 87.8 cm³/mol. The van der Waals surface area contributed by atoms with Gasteiger partial charge in [-0.3, -0.25) is 14.4 Å². The summed E-state index contributed by atoms with van der Waals surface area (Å²) in [5.74, 6) is -0.484. The Morgan fingerprint density at radius 3 is 2.74 bits per heavy atom. The largest absolute Gasteiger partial charge is 0.322 e. The molecule has 1 aliphatic heterocycles. The van der Waals surface area contributed by atoms with E-state index >= 15 is 0 Å². The van der Waals surface area contributed by atoms with Crippen molar-refractivity contribution in [2.45, 2.75) is 13.3 Å². The molecule has 0 spiro atoms. The second-order valence-electron chi connectivity index (χ2n) is 5.56. The maximum Gasteiger partial charge on any atom is 0.263 e. The molecule has 6 heteroatoms. The number of rotatable bonds is 2. The van der Waals surface area contributed by atoms with E-state index in [2.05, 4.69) is 5.32 Å². The monoisotopic (exact) mass is 311 g/mol.